The first kappa shape index (κ1) is 31.4. The number of amides is 2. The second kappa shape index (κ2) is 14.1. The van der Waals surface area contributed by atoms with Gasteiger partial charge in [-0.05, 0) is 69.9 Å². The zero-order valence-corrected chi connectivity index (χ0v) is 25.7. The van der Waals surface area contributed by atoms with Crippen molar-refractivity contribution in [2.75, 3.05) is 19.4 Å². The molecule has 2 bridgehead atoms. The van der Waals surface area contributed by atoms with Crippen LogP contribution < -0.4 is 5.32 Å². The number of fused-ring (bicyclic) bond motifs is 2. The van der Waals surface area contributed by atoms with E-state index in [9.17, 15) is 14.7 Å². The molecular weight excluding hydrogens is 536 g/mol. The van der Waals surface area contributed by atoms with E-state index in [0.717, 1.165) is 37.9 Å². The van der Waals surface area contributed by atoms with Crippen LogP contribution in [0.25, 0.3) is 5.57 Å². The largest absolute Gasteiger partial charge is 0.444 e. The molecular formula is C33H46N2O5S. The number of thioether (sulfide) groups is 1. The predicted octanol–water partition coefficient (Wildman–Crippen LogP) is 6.10. The number of ether oxygens (including phenoxy) is 2. The number of nitrogens with zero attached hydrogens (tertiary/aromatic N) is 1. The average molecular weight is 583 g/mol. The van der Waals surface area contributed by atoms with Crippen molar-refractivity contribution in [1.82, 2.24) is 10.2 Å². The minimum absolute atomic E-state index is 0.169. The molecule has 1 saturated heterocycles. The number of carbonyl (C=O) groups is 2. The Morgan fingerprint density at radius 3 is 2.63 bits per heavy atom. The van der Waals surface area contributed by atoms with Gasteiger partial charge in [-0.3, -0.25) is 4.79 Å². The number of alkyl carbamates (subject to hydrolysis) is 1. The molecule has 2 unspecified atom stereocenters. The van der Waals surface area contributed by atoms with Crippen molar-refractivity contribution < 1.29 is 24.2 Å². The highest BCUT2D eigenvalue weighted by Gasteiger charge is 2.53. The fourth-order valence-electron chi connectivity index (χ4n) is 6.02. The van der Waals surface area contributed by atoms with E-state index in [2.05, 4.69) is 47.8 Å². The number of rotatable bonds is 5. The molecule has 0 saturated carbocycles. The lowest BCUT2D eigenvalue weighted by atomic mass is 9.82. The lowest BCUT2D eigenvalue weighted by Gasteiger charge is -2.36. The monoisotopic (exact) mass is 582 g/mol. The molecule has 1 fully saturated rings. The first-order valence-electron chi connectivity index (χ1n) is 14.9. The van der Waals surface area contributed by atoms with E-state index < -0.39 is 30.1 Å². The van der Waals surface area contributed by atoms with Crippen LogP contribution in [-0.4, -0.2) is 70.1 Å². The summed E-state index contributed by atoms with van der Waals surface area (Å²) in [5, 5.41) is 13.9. The van der Waals surface area contributed by atoms with Gasteiger partial charge in [0.2, 0.25) is 5.91 Å². The fraction of sp³-hybridized carbons (Fsp3) is 0.576. The number of hydrogen-bond donors (Lipinski definition) is 2. The van der Waals surface area contributed by atoms with Gasteiger partial charge in [0, 0.05) is 24.2 Å². The van der Waals surface area contributed by atoms with Gasteiger partial charge in [-0.2, -0.15) is 0 Å². The highest BCUT2D eigenvalue weighted by Crippen LogP contribution is 2.49. The van der Waals surface area contributed by atoms with Crippen LogP contribution in [0, 0.1) is 5.92 Å². The van der Waals surface area contributed by atoms with Crippen LogP contribution in [0.5, 0.6) is 0 Å². The van der Waals surface area contributed by atoms with Crippen molar-refractivity contribution in [3.8, 4) is 0 Å². The van der Waals surface area contributed by atoms with E-state index in [1.165, 1.54) is 18.2 Å². The van der Waals surface area contributed by atoms with E-state index in [1.807, 2.05) is 50.7 Å². The molecule has 5 atom stereocenters. The maximum Gasteiger partial charge on any atom is 0.408 e. The van der Waals surface area contributed by atoms with Crippen molar-refractivity contribution in [3.63, 3.8) is 0 Å². The summed E-state index contributed by atoms with van der Waals surface area (Å²) in [6.45, 7) is 5.89. The molecule has 4 rings (SSSR count). The number of aliphatic hydroxyl groups excluding tert-OH is 1. The standard InChI is InChI=1S/C33H46N2O5S/c1-32(2,3)40-31(38)34-27-16-12-7-5-6-8-13-21-41-33(22-28(30(37)39-4)35(23-33)29(27)36)26-19-17-25(18-20-26)24-14-10-9-11-15-24/h8-11,13-15,17-19,26-28,30,37H,5-7,12,16,20-23H2,1-4H3,(H,34,38)/b13-8+/t26?,27-,28-,30?,33-/m0/s1. The van der Waals surface area contributed by atoms with Crippen molar-refractivity contribution in [1.29, 1.82) is 0 Å². The number of aliphatic hydroxyl groups is 1. The van der Waals surface area contributed by atoms with Crippen LogP contribution in [-0.2, 0) is 14.3 Å². The van der Waals surface area contributed by atoms with Crippen molar-refractivity contribution in [3.05, 3.63) is 66.3 Å². The average Bonchev–Trinajstić information content (AvgIpc) is 3.35. The molecule has 1 aromatic rings. The van der Waals surface area contributed by atoms with Crippen molar-refractivity contribution in [2.45, 2.75) is 94.4 Å². The van der Waals surface area contributed by atoms with Gasteiger partial charge < -0.3 is 24.8 Å². The van der Waals surface area contributed by atoms with Crippen LogP contribution >= 0.6 is 11.8 Å². The first-order chi connectivity index (χ1) is 19.6. The molecule has 0 spiro atoms. The molecule has 7 nitrogen and oxygen atoms in total. The molecule has 41 heavy (non-hydrogen) atoms. The fourth-order valence-corrected chi connectivity index (χ4v) is 7.49. The number of benzene rings is 1. The Hall–Kier alpha value is -2.55. The highest BCUT2D eigenvalue weighted by atomic mass is 32.2. The Kier molecular flexibility index (Phi) is 10.8. The Balaban J connectivity index is 1.64. The number of hydrogen-bond acceptors (Lipinski definition) is 6. The van der Waals surface area contributed by atoms with E-state index in [4.69, 9.17) is 9.47 Å². The second-order valence-corrected chi connectivity index (χ2v) is 13.7. The molecule has 0 radical (unpaired) electrons. The van der Waals surface area contributed by atoms with Crippen LogP contribution in [0.2, 0.25) is 0 Å². The van der Waals surface area contributed by atoms with Crippen molar-refractivity contribution >= 4 is 29.3 Å². The smallest absolute Gasteiger partial charge is 0.408 e. The maximum absolute atomic E-state index is 14.2. The Labute approximate surface area is 249 Å². The number of carbonyl (C=O) groups excluding carboxylic acids is 2. The van der Waals surface area contributed by atoms with Gasteiger partial charge >= 0.3 is 6.09 Å². The van der Waals surface area contributed by atoms with Crippen LogP contribution in [0.4, 0.5) is 4.79 Å². The molecule has 2 heterocycles. The van der Waals surface area contributed by atoms with Gasteiger partial charge in [0.1, 0.15) is 11.6 Å². The topological polar surface area (TPSA) is 88.1 Å². The SMILES string of the molecule is COC(O)[C@@H]1C[C@@]2(C3C=CC(c4ccccc4)=CC3)CN1C(=O)[C@@H](NC(=O)OC(C)(C)C)CCCCC/C=C/CS2. The third-order valence-corrected chi connectivity index (χ3v) is 9.65. The third-order valence-electron chi connectivity index (χ3n) is 8.12. The molecule has 1 aliphatic carbocycles. The summed E-state index contributed by atoms with van der Waals surface area (Å²) in [6.07, 6.45) is 15.3. The van der Waals surface area contributed by atoms with E-state index in [0.29, 0.717) is 19.4 Å². The van der Waals surface area contributed by atoms with Crippen molar-refractivity contribution in [2.24, 2.45) is 5.92 Å². The number of nitrogens with one attached hydrogen (secondary N) is 1. The summed E-state index contributed by atoms with van der Waals surface area (Å²) in [4.78, 5) is 28.7. The summed E-state index contributed by atoms with van der Waals surface area (Å²) in [5.41, 5.74) is 1.72. The second-order valence-electron chi connectivity index (χ2n) is 12.3. The minimum Gasteiger partial charge on any atom is -0.444 e. The normalized spacial score (nSPS) is 29.3. The molecule has 2 N–H and O–H groups in total. The lowest BCUT2D eigenvalue weighted by molar-refractivity contribution is -0.150. The molecule has 8 heteroatoms. The third kappa shape index (κ3) is 8.27. The summed E-state index contributed by atoms with van der Waals surface area (Å²) in [7, 11) is 1.47. The quantitative estimate of drug-likeness (QED) is 0.322. The molecule has 3 aliphatic rings. The summed E-state index contributed by atoms with van der Waals surface area (Å²) < 4.78 is 10.6. The zero-order chi connectivity index (χ0) is 29.5. The summed E-state index contributed by atoms with van der Waals surface area (Å²) in [5.74, 6) is 0.812. The molecule has 0 aromatic heterocycles. The van der Waals surface area contributed by atoms with Gasteiger partial charge in [-0.15, -0.1) is 11.8 Å². The van der Waals surface area contributed by atoms with Gasteiger partial charge in [-0.25, -0.2) is 4.79 Å². The Morgan fingerprint density at radius 1 is 1.17 bits per heavy atom. The van der Waals surface area contributed by atoms with Crippen LogP contribution in [0.1, 0.15) is 71.3 Å². The molecule has 2 amide bonds. The maximum atomic E-state index is 14.2. The minimum atomic E-state index is -1.13. The van der Waals surface area contributed by atoms with Crippen LogP contribution in [0.15, 0.2) is 60.7 Å². The summed E-state index contributed by atoms with van der Waals surface area (Å²) >= 11 is 1.86. The van der Waals surface area contributed by atoms with Crippen LogP contribution in [0.3, 0.4) is 0 Å². The Morgan fingerprint density at radius 2 is 1.95 bits per heavy atom. The van der Waals surface area contributed by atoms with Gasteiger partial charge in [0.05, 0.1) is 6.04 Å². The number of allylic oxidation sites excluding steroid dienone is 5. The first-order valence-corrected chi connectivity index (χ1v) is 15.8. The summed E-state index contributed by atoms with van der Waals surface area (Å²) in [6, 6.07) is 9.10. The van der Waals surface area contributed by atoms with Gasteiger partial charge in [-0.1, -0.05) is 73.6 Å². The highest BCUT2D eigenvalue weighted by molar-refractivity contribution is 8.00. The van der Waals surface area contributed by atoms with Gasteiger partial charge in [0.25, 0.3) is 0 Å². The molecule has 2 aliphatic heterocycles. The lowest BCUT2D eigenvalue weighted by Crippen LogP contribution is -2.53. The molecule has 224 valence electrons. The van der Waals surface area contributed by atoms with E-state index >= 15 is 0 Å². The predicted molar refractivity (Wildman–Crippen MR) is 165 cm³/mol. The molecule has 1 aromatic carbocycles. The van der Waals surface area contributed by atoms with E-state index in [1.54, 1.807) is 4.90 Å². The zero-order valence-electron chi connectivity index (χ0n) is 24.9. The number of methoxy groups -OCH3 is 1. The Bertz CT molecular complexity index is 1130. The van der Waals surface area contributed by atoms with Gasteiger partial charge in [0.15, 0.2) is 6.29 Å². The van der Waals surface area contributed by atoms with E-state index in [-0.39, 0.29) is 16.6 Å².